The zero-order valence-electron chi connectivity index (χ0n) is 11.6. The van der Waals surface area contributed by atoms with Crippen molar-refractivity contribution in [3.63, 3.8) is 0 Å². The number of H-pyrrole nitrogens is 1. The normalized spacial score (nSPS) is 9.95. The van der Waals surface area contributed by atoms with Gasteiger partial charge in [0.15, 0.2) is 5.82 Å². The van der Waals surface area contributed by atoms with E-state index in [1.54, 1.807) is 0 Å². The summed E-state index contributed by atoms with van der Waals surface area (Å²) >= 11 is 0. The highest BCUT2D eigenvalue weighted by atomic mass is 35.5. The Morgan fingerprint density at radius 1 is 1.24 bits per heavy atom. The van der Waals surface area contributed by atoms with Crippen molar-refractivity contribution in [3.05, 3.63) is 41.2 Å². The van der Waals surface area contributed by atoms with Crippen molar-refractivity contribution >= 4 is 18.3 Å². The van der Waals surface area contributed by atoms with Crippen LogP contribution in [-0.2, 0) is 12.8 Å². The number of hydrogen-bond acceptors (Lipinski definition) is 5. The molecule has 1 amide bonds. The predicted octanol–water partition coefficient (Wildman–Crippen LogP) is 0.485. The van der Waals surface area contributed by atoms with Gasteiger partial charge in [0.2, 0.25) is 0 Å². The molecule has 0 aliphatic carbocycles. The molecule has 7 nitrogen and oxygen atoms in total. The monoisotopic (exact) mass is 310 g/mol. The van der Waals surface area contributed by atoms with E-state index in [0.29, 0.717) is 30.9 Å². The molecule has 0 aliphatic heterocycles. The summed E-state index contributed by atoms with van der Waals surface area (Å²) in [6.07, 6.45) is 2.29. The van der Waals surface area contributed by atoms with Gasteiger partial charge in [-0.3, -0.25) is 4.79 Å². The summed E-state index contributed by atoms with van der Waals surface area (Å²) in [5.41, 5.74) is 7.28. The molecule has 1 aromatic carbocycles. The van der Waals surface area contributed by atoms with Crippen LogP contribution in [0.4, 0.5) is 0 Å². The van der Waals surface area contributed by atoms with Crippen LogP contribution in [0.5, 0.6) is 0 Å². The van der Waals surface area contributed by atoms with E-state index in [-0.39, 0.29) is 18.3 Å². The first-order chi connectivity index (χ1) is 9.79. The molecule has 0 radical (unpaired) electrons. The van der Waals surface area contributed by atoms with Gasteiger partial charge in [-0.05, 0) is 37.1 Å². The molecule has 0 unspecified atom stereocenters. The molecule has 2 rings (SSSR count). The molecule has 0 bridgehead atoms. The average molecular weight is 311 g/mol. The second kappa shape index (κ2) is 9.04. The van der Waals surface area contributed by atoms with Crippen molar-refractivity contribution in [2.45, 2.75) is 19.3 Å². The maximum Gasteiger partial charge on any atom is 0.251 e. The molecule has 2 aromatic rings. The number of nitrogens with zero attached hydrogens (tertiary/aromatic N) is 3. The molecule has 8 heteroatoms. The second-order valence-electron chi connectivity index (χ2n) is 4.42. The molecular formula is C13H19ClN6O. The lowest BCUT2D eigenvalue weighted by Crippen LogP contribution is -2.24. The van der Waals surface area contributed by atoms with Crippen LogP contribution in [0.2, 0.25) is 0 Å². The Hall–Kier alpha value is -1.99. The Morgan fingerprint density at radius 3 is 2.62 bits per heavy atom. The first-order valence-corrected chi connectivity index (χ1v) is 6.59. The topological polar surface area (TPSA) is 110 Å². The standard InChI is InChI=1S/C13H18N6O.ClH/c14-8-7-10-3-5-11(6-4-10)13(20)15-9-1-2-12-16-18-19-17-12;/h3-6H,1-2,7-9,14H2,(H,15,20)(H,16,17,18,19);1H. The van der Waals surface area contributed by atoms with Crippen LogP contribution < -0.4 is 11.1 Å². The summed E-state index contributed by atoms with van der Waals surface area (Å²) in [6, 6.07) is 7.50. The highest BCUT2D eigenvalue weighted by Crippen LogP contribution is 2.04. The van der Waals surface area contributed by atoms with Crippen LogP contribution in [0.1, 0.15) is 28.2 Å². The highest BCUT2D eigenvalue weighted by Gasteiger charge is 2.05. The summed E-state index contributed by atoms with van der Waals surface area (Å²) in [7, 11) is 0. The van der Waals surface area contributed by atoms with E-state index < -0.39 is 0 Å². The van der Waals surface area contributed by atoms with Gasteiger partial charge in [-0.2, -0.15) is 5.21 Å². The van der Waals surface area contributed by atoms with Gasteiger partial charge in [0.25, 0.3) is 5.91 Å². The predicted molar refractivity (Wildman–Crippen MR) is 81.3 cm³/mol. The van der Waals surface area contributed by atoms with E-state index >= 15 is 0 Å². The van der Waals surface area contributed by atoms with Crippen LogP contribution in [0, 0.1) is 0 Å². The Balaban J connectivity index is 0.00000220. The third-order valence-electron chi connectivity index (χ3n) is 2.90. The van der Waals surface area contributed by atoms with Crippen molar-refractivity contribution in [3.8, 4) is 0 Å². The maximum absolute atomic E-state index is 11.9. The number of benzene rings is 1. The van der Waals surface area contributed by atoms with E-state index in [1.165, 1.54) is 0 Å². The number of aromatic nitrogens is 4. The summed E-state index contributed by atoms with van der Waals surface area (Å²) in [5, 5.41) is 16.4. The molecule has 1 heterocycles. The first kappa shape index (κ1) is 17.1. The number of nitrogens with two attached hydrogens (primary N) is 1. The molecule has 0 saturated heterocycles. The summed E-state index contributed by atoms with van der Waals surface area (Å²) in [5.74, 6) is 0.586. The Labute approximate surface area is 129 Å². The van der Waals surface area contributed by atoms with Crippen LogP contribution in [-0.4, -0.2) is 39.6 Å². The van der Waals surface area contributed by atoms with Crippen LogP contribution in [0.15, 0.2) is 24.3 Å². The Bertz CT molecular complexity index is 528. The minimum Gasteiger partial charge on any atom is -0.352 e. The molecule has 4 N–H and O–H groups in total. The van der Waals surface area contributed by atoms with Crippen LogP contribution in [0.3, 0.4) is 0 Å². The van der Waals surface area contributed by atoms with Crippen molar-refractivity contribution < 1.29 is 4.79 Å². The number of nitrogens with one attached hydrogen (secondary N) is 2. The van der Waals surface area contributed by atoms with Gasteiger partial charge in [0.05, 0.1) is 0 Å². The van der Waals surface area contributed by atoms with Crippen molar-refractivity contribution in [2.75, 3.05) is 13.1 Å². The number of hydrogen-bond donors (Lipinski definition) is 3. The van der Waals surface area contributed by atoms with E-state index in [1.807, 2.05) is 24.3 Å². The van der Waals surface area contributed by atoms with Crippen LogP contribution in [0.25, 0.3) is 0 Å². The third kappa shape index (κ3) is 5.49. The number of carbonyl (C=O) groups excluding carboxylic acids is 1. The molecule has 0 aliphatic rings. The third-order valence-corrected chi connectivity index (χ3v) is 2.90. The van der Waals surface area contributed by atoms with Gasteiger partial charge in [-0.25, -0.2) is 0 Å². The molecule has 21 heavy (non-hydrogen) atoms. The number of rotatable bonds is 7. The van der Waals surface area contributed by atoms with Crippen molar-refractivity contribution in [1.29, 1.82) is 0 Å². The molecule has 0 saturated carbocycles. The number of aryl methyl sites for hydroxylation is 1. The lowest BCUT2D eigenvalue weighted by molar-refractivity contribution is 0.0953. The number of carbonyl (C=O) groups is 1. The molecular weight excluding hydrogens is 292 g/mol. The minimum absolute atomic E-state index is 0. The first-order valence-electron chi connectivity index (χ1n) is 6.59. The molecule has 0 atom stereocenters. The highest BCUT2D eigenvalue weighted by molar-refractivity contribution is 5.94. The average Bonchev–Trinajstić information content (AvgIpc) is 2.98. The summed E-state index contributed by atoms with van der Waals surface area (Å²) < 4.78 is 0. The minimum atomic E-state index is -0.0718. The van der Waals surface area contributed by atoms with E-state index in [4.69, 9.17) is 5.73 Å². The number of aromatic amines is 1. The van der Waals surface area contributed by atoms with E-state index in [9.17, 15) is 4.79 Å². The SMILES string of the molecule is Cl.NCCc1ccc(C(=O)NCCCc2nn[nH]n2)cc1. The smallest absolute Gasteiger partial charge is 0.251 e. The number of halogens is 1. The molecule has 114 valence electrons. The van der Waals surface area contributed by atoms with Crippen LogP contribution >= 0.6 is 12.4 Å². The largest absolute Gasteiger partial charge is 0.352 e. The number of tetrazole rings is 1. The lowest BCUT2D eigenvalue weighted by Gasteiger charge is -2.05. The Kier molecular flexibility index (Phi) is 7.34. The summed E-state index contributed by atoms with van der Waals surface area (Å²) in [4.78, 5) is 11.9. The molecule has 0 spiro atoms. The zero-order chi connectivity index (χ0) is 14.2. The fourth-order valence-corrected chi connectivity index (χ4v) is 1.83. The zero-order valence-corrected chi connectivity index (χ0v) is 12.4. The van der Waals surface area contributed by atoms with Gasteiger partial charge in [0.1, 0.15) is 0 Å². The van der Waals surface area contributed by atoms with Gasteiger partial charge in [-0.1, -0.05) is 17.3 Å². The fraction of sp³-hybridized carbons (Fsp3) is 0.385. The summed E-state index contributed by atoms with van der Waals surface area (Å²) in [6.45, 7) is 1.19. The van der Waals surface area contributed by atoms with E-state index in [2.05, 4.69) is 25.9 Å². The van der Waals surface area contributed by atoms with Gasteiger partial charge < -0.3 is 11.1 Å². The lowest BCUT2D eigenvalue weighted by atomic mass is 10.1. The maximum atomic E-state index is 11.9. The van der Waals surface area contributed by atoms with Gasteiger partial charge in [0, 0.05) is 18.5 Å². The Morgan fingerprint density at radius 2 is 2.00 bits per heavy atom. The number of amides is 1. The van der Waals surface area contributed by atoms with Crippen molar-refractivity contribution in [1.82, 2.24) is 25.9 Å². The second-order valence-corrected chi connectivity index (χ2v) is 4.42. The fourth-order valence-electron chi connectivity index (χ4n) is 1.83. The van der Waals surface area contributed by atoms with Gasteiger partial charge in [-0.15, -0.1) is 22.6 Å². The van der Waals surface area contributed by atoms with Crippen molar-refractivity contribution in [2.24, 2.45) is 5.73 Å². The van der Waals surface area contributed by atoms with Gasteiger partial charge >= 0.3 is 0 Å². The molecule has 1 aromatic heterocycles. The van der Waals surface area contributed by atoms with E-state index in [0.717, 1.165) is 18.4 Å². The quantitative estimate of drug-likeness (QED) is 0.645. The molecule has 0 fully saturated rings.